The molecule has 124 valence electrons. The molecule has 3 aromatic heterocycles. The zero-order valence-electron chi connectivity index (χ0n) is 13.3. The maximum absolute atomic E-state index is 12.6. The minimum absolute atomic E-state index is 0.0393. The number of rotatable bonds is 3. The average Bonchev–Trinajstić information content (AvgIpc) is 3.30. The molecular weight excluding hydrogens is 326 g/mol. The van der Waals surface area contributed by atoms with E-state index in [4.69, 9.17) is 0 Å². The minimum Gasteiger partial charge on any atom is -0.340 e. The van der Waals surface area contributed by atoms with Crippen molar-refractivity contribution < 1.29 is 4.79 Å². The van der Waals surface area contributed by atoms with Crippen LogP contribution in [0, 0.1) is 0 Å². The van der Waals surface area contributed by atoms with E-state index in [9.17, 15) is 9.59 Å². The summed E-state index contributed by atoms with van der Waals surface area (Å²) < 4.78 is 3.26. The molecule has 1 aliphatic heterocycles. The minimum atomic E-state index is -0.109. The Kier molecular flexibility index (Phi) is 3.68. The highest BCUT2D eigenvalue weighted by atomic mass is 32.1. The molecule has 0 saturated carbocycles. The highest BCUT2D eigenvalue weighted by Gasteiger charge is 2.30. The summed E-state index contributed by atoms with van der Waals surface area (Å²) in [4.78, 5) is 35.1. The van der Waals surface area contributed by atoms with Gasteiger partial charge in [0.05, 0.1) is 18.7 Å². The van der Waals surface area contributed by atoms with Crippen LogP contribution in [0.1, 0.15) is 18.0 Å². The molecule has 0 spiro atoms. The number of likely N-dealkylation sites (tertiary alicyclic amines) is 1. The predicted octanol–water partition coefficient (Wildman–Crippen LogP) is 1.21. The van der Waals surface area contributed by atoms with Gasteiger partial charge in [-0.1, -0.05) is 0 Å². The fourth-order valence-electron chi connectivity index (χ4n) is 3.28. The van der Waals surface area contributed by atoms with Crippen molar-refractivity contribution in [2.45, 2.75) is 18.9 Å². The molecule has 0 unspecified atom stereocenters. The maximum Gasteiger partial charge on any atom is 0.330 e. The standard InChI is InChI=1S/C16H17N5O2S/c1-19-13-7-17-10-18-15(13)21(16(19)23)12-2-4-20(8-12)14(22)6-11-3-5-24-9-11/h3,5,7,9-10,12H,2,4,6,8H2,1H3/t12-/m1/s1. The molecule has 1 fully saturated rings. The number of carbonyl (C=O) groups excluding carboxylic acids is 1. The second-order valence-electron chi connectivity index (χ2n) is 6.03. The lowest BCUT2D eigenvalue weighted by Crippen LogP contribution is -2.32. The number of fused-ring (bicyclic) bond motifs is 1. The summed E-state index contributed by atoms with van der Waals surface area (Å²) in [6.45, 7) is 1.22. The van der Waals surface area contributed by atoms with Crippen molar-refractivity contribution in [1.82, 2.24) is 24.0 Å². The highest BCUT2D eigenvalue weighted by molar-refractivity contribution is 7.08. The number of aromatic nitrogens is 4. The van der Waals surface area contributed by atoms with Gasteiger partial charge in [-0.3, -0.25) is 13.9 Å². The predicted molar refractivity (Wildman–Crippen MR) is 91.0 cm³/mol. The van der Waals surface area contributed by atoms with E-state index >= 15 is 0 Å². The van der Waals surface area contributed by atoms with E-state index in [-0.39, 0.29) is 17.6 Å². The first-order valence-electron chi connectivity index (χ1n) is 7.81. The summed E-state index contributed by atoms with van der Waals surface area (Å²) >= 11 is 1.59. The zero-order valence-corrected chi connectivity index (χ0v) is 14.1. The molecular formula is C16H17N5O2S. The van der Waals surface area contributed by atoms with Crippen LogP contribution in [0.4, 0.5) is 0 Å². The van der Waals surface area contributed by atoms with Gasteiger partial charge in [-0.2, -0.15) is 11.3 Å². The molecule has 1 saturated heterocycles. The molecule has 0 bridgehead atoms. The monoisotopic (exact) mass is 343 g/mol. The van der Waals surface area contributed by atoms with Gasteiger partial charge in [0.1, 0.15) is 11.8 Å². The quantitative estimate of drug-likeness (QED) is 0.716. The van der Waals surface area contributed by atoms with E-state index in [0.717, 1.165) is 12.0 Å². The molecule has 1 aliphatic rings. The molecule has 7 nitrogen and oxygen atoms in total. The summed E-state index contributed by atoms with van der Waals surface area (Å²) in [5.41, 5.74) is 2.28. The molecule has 0 radical (unpaired) electrons. The fraction of sp³-hybridized carbons (Fsp3) is 0.375. The number of carbonyl (C=O) groups is 1. The third-order valence-corrected chi connectivity index (χ3v) is 5.30. The van der Waals surface area contributed by atoms with Gasteiger partial charge in [0.25, 0.3) is 0 Å². The van der Waals surface area contributed by atoms with Crippen LogP contribution in [-0.4, -0.2) is 43.0 Å². The number of thiophene rings is 1. The van der Waals surface area contributed by atoms with Crippen LogP contribution in [0.15, 0.2) is 34.1 Å². The van der Waals surface area contributed by atoms with Crippen molar-refractivity contribution in [3.63, 3.8) is 0 Å². The second kappa shape index (κ2) is 5.86. The number of imidazole rings is 1. The maximum atomic E-state index is 12.6. The van der Waals surface area contributed by atoms with Crippen LogP contribution in [0.3, 0.4) is 0 Å². The Morgan fingerprint density at radius 2 is 2.33 bits per heavy atom. The molecule has 0 N–H and O–H groups in total. The average molecular weight is 343 g/mol. The lowest BCUT2D eigenvalue weighted by molar-refractivity contribution is -0.129. The van der Waals surface area contributed by atoms with Crippen molar-refractivity contribution in [3.8, 4) is 0 Å². The number of amides is 1. The molecule has 3 aromatic rings. The van der Waals surface area contributed by atoms with Gasteiger partial charge in [-0.15, -0.1) is 0 Å². The third-order valence-electron chi connectivity index (χ3n) is 4.57. The van der Waals surface area contributed by atoms with E-state index in [1.165, 1.54) is 6.33 Å². The first kappa shape index (κ1) is 15.1. The molecule has 8 heteroatoms. The van der Waals surface area contributed by atoms with Gasteiger partial charge in [0.15, 0.2) is 5.65 Å². The van der Waals surface area contributed by atoms with Crippen molar-refractivity contribution in [2.24, 2.45) is 7.05 Å². The molecule has 0 aromatic carbocycles. The summed E-state index contributed by atoms with van der Waals surface area (Å²) in [6.07, 6.45) is 4.28. The largest absolute Gasteiger partial charge is 0.340 e. The summed E-state index contributed by atoms with van der Waals surface area (Å²) in [7, 11) is 1.72. The Bertz CT molecular complexity index is 943. The summed E-state index contributed by atoms with van der Waals surface area (Å²) in [5.74, 6) is 0.110. The molecule has 1 amide bonds. The smallest absolute Gasteiger partial charge is 0.330 e. The Labute approximate surface area is 142 Å². The normalized spacial score (nSPS) is 17.7. The van der Waals surface area contributed by atoms with Gasteiger partial charge in [-0.25, -0.2) is 14.8 Å². The van der Waals surface area contributed by atoms with Crippen LogP contribution < -0.4 is 5.69 Å². The van der Waals surface area contributed by atoms with Crippen LogP contribution >= 0.6 is 11.3 Å². The van der Waals surface area contributed by atoms with E-state index in [1.54, 1.807) is 33.7 Å². The molecule has 24 heavy (non-hydrogen) atoms. The first-order chi connectivity index (χ1) is 11.6. The van der Waals surface area contributed by atoms with Crippen LogP contribution in [0.5, 0.6) is 0 Å². The third kappa shape index (κ3) is 2.43. The number of hydrogen-bond donors (Lipinski definition) is 0. The first-order valence-corrected chi connectivity index (χ1v) is 8.75. The topological polar surface area (TPSA) is 73.0 Å². The lowest BCUT2D eigenvalue weighted by Gasteiger charge is -2.16. The lowest BCUT2D eigenvalue weighted by atomic mass is 10.2. The number of aryl methyl sites for hydroxylation is 1. The van der Waals surface area contributed by atoms with Gasteiger partial charge >= 0.3 is 5.69 Å². The number of nitrogens with zero attached hydrogens (tertiary/aromatic N) is 5. The van der Waals surface area contributed by atoms with Crippen LogP contribution in [0.2, 0.25) is 0 Å². The van der Waals surface area contributed by atoms with Crippen LogP contribution in [-0.2, 0) is 18.3 Å². The fourth-order valence-corrected chi connectivity index (χ4v) is 3.95. The van der Waals surface area contributed by atoms with Crippen molar-refractivity contribution in [3.05, 3.63) is 45.4 Å². The molecule has 4 heterocycles. The Hall–Kier alpha value is -2.48. The number of hydrogen-bond acceptors (Lipinski definition) is 5. The van der Waals surface area contributed by atoms with Gasteiger partial charge in [-0.05, 0) is 28.8 Å². The molecule has 1 atom stereocenters. The van der Waals surface area contributed by atoms with E-state index < -0.39 is 0 Å². The van der Waals surface area contributed by atoms with E-state index in [2.05, 4.69) is 9.97 Å². The Morgan fingerprint density at radius 3 is 3.12 bits per heavy atom. The highest BCUT2D eigenvalue weighted by Crippen LogP contribution is 2.24. The molecule has 4 rings (SSSR count). The van der Waals surface area contributed by atoms with Gasteiger partial charge in [0.2, 0.25) is 5.91 Å². The van der Waals surface area contributed by atoms with Crippen LogP contribution in [0.25, 0.3) is 11.2 Å². The Balaban J connectivity index is 1.58. The zero-order chi connectivity index (χ0) is 16.7. The van der Waals surface area contributed by atoms with E-state index in [0.29, 0.717) is 30.7 Å². The Morgan fingerprint density at radius 1 is 1.46 bits per heavy atom. The van der Waals surface area contributed by atoms with Crippen molar-refractivity contribution in [1.29, 1.82) is 0 Å². The summed E-state index contributed by atoms with van der Waals surface area (Å²) in [6, 6.07) is 1.94. The van der Waals surface area contributed by atoms with Crippen molar-refractivity contribution in [2.75, 3.05) is 13.1 Å². The molecule has 0 aliphatic carbocycles. The second-order valence-corrected chi connectivity index (χ2v) is 6.81. The van der Waals surface area contributed by atoms with Gasteiger partial charge < -0.3 is 4.90 Å². The summed E-state index contributed by atoms with van der Waals surface area (Å²) in [5, 5.41) is 3.97. The van der Waals surface area contributed by atoms with Gasteiger partial charge in [0, 0.05) is 20.1 Å². The van der Waals surface area contributed by atoms with Crippen molar-refractivity contribution >= 4 is 28.4 Å². The SMILES string of the molecule is Cn1c(=O)n([C@@H]2CCN(C(=O)Cc3ccsc3)C2)c2ncncc21. The van der Waals surface area contributed by atoms with E-state index in [1.807, 2.05) is 21.7 Å².